The van der Waals surface area contributed by atoms with E-state index in [9.17, 15) is 9.59 Å². The van der Waals surface area contributed by atoms with Crippen molar-refractivity contribution in [2.75, 3.05) is 25.0 Å². The Bertz CT molecular complexity index is 614. The molecule has 112 valence electrons. The van der Waals surface area contributed by atoms with Crippen LogP contribution in [0.15, 0.2) is 12.3 Å². The first-order valence-electron chi connectivity index (χ1n) is 6.59. The first kappa shape index (κ1) is 14.4. The van der Waals surface area contributed by atoms with Gasteiger partial charge in [0.1, 0.15) is 11.4 Å². The number of piperidine rings is 1. The lowest BCUT2D eigenvalue weighted by atomic mass is 9.87. The fraction of sp³-hybridized carbons (Fsp3) is 0.462. The number of amides is 3. The largest absolute Gasteiger partial charge is 0.355 e. The van der Waals surface area contributed by atoms with E-state index in [1.54, 1.807) is 12.3 Å². The molecule has 1 aromatic rings. The van der Waals surface area contributed by atoms with Crippen LogP contribution >= 0.6 is 23.2 Å². The smallest absolute Gasteiger partial charge is 0.324 e. The molecule has 2 fully saturated rings. The summed E-state index contributed by atoms with van der Waals surface area (Å²) in [5, 5.41) is 3.77. The molecular formula is C13H14Cl2N4O2. The molecule has 6 nitrogen and oxygen atoms in total. The van der Waals surface area contributed by atoms with Crippen molar-refractivity contribution < 1.29 is 9.59 Å². The van der Waals surface area contributed by atoms with E-state index in [4.69, 9.17) is 23.2 Å². The molecule has 2 aliphatic rings. The molecule has 1 N–H and O–H groups in total. The zero-order valence-corrected chi connectivity index (χ0v) is 12.9. The Labute approximate surface area is 132 Å². The first-order chi connectivity index (χ1) is 9.93. The lowest BCUT2D eigenvalue weighted by Gasteiger charge is -2.38. The van der Waals surface area contributed by atoms with Gasteiger partial charge in [0.25, 0.3) is 5.91 Å². The van der Waals surface area contributed by atoms with Crippen molar-refractivity contribution in [2.45, 2.75) is 18.4 Å². The molecule has 3 amide bonds. The van der Waals surface area contributed by atoms with Crippen molar-refractivity contribution in [3.05, 3.63) is 22.3 Å². The molecule has 1 spiro atoms. The van der Waals surface area contributed by atoms with Crippen LogP contribution in [0.25, 0.3) is 0 Å². The highest BCUT2D eigenvalue weighted by Gasteiger charge is 2.51. The Hall–Kier alpha value is -1.53. The van der Waals surface area contributed by atoms with Crippen molar-refractivity contribution >= 4 is 41.0 Å². The van der Waals surface area contributed by atoms with E-state index in [-0.39, 0.29) is 11.9 Å². The molecule has 0 unspecified atom stereocenters. The summed E-state index contributed by atoms with van der Waals surface area (Å²) in [5.41, 5.74) is -0.777. The number of imide groups is 1. The van der Waals surface area contributed by atoms with Crippen molar-refractivity contribution in [2.24, 2.45) is 0 Å². The average Bonchev–Trinajstić information content (AvgIpc) is 2.65. The van der Waals surface area contributed by atoms with Crippen molar-refractivity contribution in [1.29, 1.82) is 0 Å². The van der Waals surface area contributed by atoms with Gasteiger partial charge in [-0.15, -0.1) is 0 Å². The zero-order valence-electron chi connectivity index (χ0n) is 11.4. The maximum Gasteiger partial charge on any atom is 0.324 e. The van der Waals surface area contributed by atoms with Crippen LogP contribution in [0.4, 0.5) is 10.6 Å². The number of aromatic nitrogens is 1. The number of pyridine rings is 1. The monoisotopic (exact) mass is 328 g/mol. The molecule has 3 rings (SSSR count). The molecule has 0 saturated carbocycles. The predicted molar refractivity (Wildman–Crippen MR) is 79.7 cm³/mol. The summed E-state index contributed by atoms with van der Waals surface area (Å²) < 4.78 is 0. The van der Waals surface area contributed by atoms with E-state index in [1.807, 2.05) is 4.90 Å². The standard InChI is InChI=1S/C13H14Cl2N4O2/c1-18-11(20)13(17-12(18)21)2-4-19(5-3-13)10-9(15)6-8(14)7-16-10/h6-7H,2-5H2,1H3,(H,17,21). The Morgan fingerprint density at radius 2 is 1.95 bits per heavy atom. The Kier molecular flexibility index (Phi) is 3.45. The zero-order chi connectivity index (χ0) is 15.2. The van der Waals surface area contributed by atoms with E-state index in [1.165, 1.54) is 7.05 Å². The SMILES string of the molecule is CN1C(=O)NC2(CCN(c3ncc(Cl)cc3Cl)CC2)C1=O. The summed E-state index contributed by atoms with van der Waals surface area (Å²) in [4.78, 5) is 31.2. The van der Waals surface area contributed by atoms with Gasteiger partial charge < -0.3 is 10.2 Å². The number of hydrogen-bond donors (Lipinski definition) is 1. The topological polar surface area (TPSA) is 65.5 Å². The van der Waals surface area contributed by atoms with Crippen molar-refractivity contribution in [3.8, 4) is 0 Å². The molecule has 0 aliphatic carbocycles. The second-order valence-corrected chi connectivity index (χ2v) is 6.17. The average molecular weight is 329 g/mol. The number of urea groups is 1. The number of anilines is 1. The Morgan fingerprint density at radius 3 is 2.48 bits per heavy atom. The fourth-order valence-electron chi connectivity index (χ4n) is 2.83. The molecule has 8 heteroatoms. The highest BCUT2D eigenvalue weighted by Crippen LogP contribution is 2.33. The van der Waals surface area contributed by atoms with Crippen molar-refractivity contribution in [1.82, 2.24) is 15.2 Å². The van der Waals surface area contributed by atoms with Crippen LogP contribution in [0.5, 0.6) is 0 Å². The number of rotatable bonds is 1. The number of halogens is 2. The van der Waals surface area contributed by atoms with Gasteiger partial charge >= 0.3 is 6.03 Å². The van der Waals surface area contributed by atoms with E-state index in [2.05, 4.69) is 10.3 Å². The van der Waals surface area contributed by atoms with Gasteiger partial charge in [0.05, 0.1) is 10.0 Å². The number of likely N-dealkylation sites (N-methyl/N-ethyl adjacent to an activating group) is 1. The van der Waals surface area contributed by atoms with Crippen LogP contribution in [-0.2, 0) is 4.79 Å². The van der Waals surface area contributed by atoms with Crippen LogP contribution in [0, 0.1) is 0 Å². The summed E-state index contributed by atoms with van der Waals surface area (Å²) in [5.74, 6) is 0.489. The number of hydrogen-bond acceptors (Lipinski definition) is 4. The number of carbonyl (C=O) groups is 2. The third-order valence-electron chi connectivity index (χ3n) is 4.07. The van der Waals surface area contributed by atoms with Gasteiger partial charge in [0.15, 0.2) is 0 Å². The van der Waals surface area contributed by atoms with Gasteiger partial charge in [-0.1, -0.05) is 23.2 Å². The van der Waals surface area contributed by atoms with Crippen LogP contribution in [0.2, 0.25) is 10.0 Å². The molecule has 2 saturated heterocycles. The highest BCUT2D eigenvalue weighted by atomic mass is 35.5. The summed E-state index contributed by atoms with van der Waals surface area (Å²) >= 11 is 12.0. The molecule has 0 radical (unpaired) electrons. The summed E-state index contributed by atoms with van der Waals surface area (Å²) in [6.07, 6.45) is 2.61. The van der Waals surface area contributed by atoms with E-state index in [0.29, 0.717) is 41.8 Å². The normalized spacial score (nSPS) is 21.1. The Balaban J connectivity index is 1.76. The minimum Gasteiger partial charge on any atom is -0.355 e. The third kappa shape index (κ3) is 2.32. The van der Waals surface area contributed by atoms with Gasteiger partial charge in [-0.2, -0.15) is 0 Å². The molecule has 0 bridgehead atoms. The minimum atomic E-state index is -0.777. The number of nitrogens with one attached hydrogen (secondary N) is 1. The number of carbonyl (C=O) groups excluding carboxylic acids is 2. The molecule has 2 aliphatic heterocycles. The van der Waals surface area contributed by atoms with E-state index in [0.717, 1.165) is 4.90 Å². The predicted octanol–water partition coefficient (Wildman–Crippen LogP) is 1.91. The van der Waals surface area contributed by atoms with Crippen molar-refractivity contribution in [3.63, 3.8) is 0 Å². The lowest BCUT2D eigenvalue weighted by molar-refractivity contribution is -0.131. The summed E-state index contributed by atoms with van der Waals surface area (Å²) in [6.45, 7) is 1.18. The molecular weight excluding hydrogens is 315 g/mol. The molecule has 21 heavy (non-hydrogen) atoms. The summed E-state index contributed by atoms with van der Waals surface area (Å²) in [6, 6.07) is 1.31. The van der Waals surface area contributed by atoms with Gasteiger partial charge in [-0.05, 0) is 18.9 Å². The highest BCUT2D eigenvalue weighted by molar-refractivity contribution is 6.36. The minimum absolute atomic E-state index is 0.165. The third-order valence-corrected chi connectivity index (χ3v) is 4.55. The quantitative estimate of drug-likeness (QED) is 0.800. The van der Waals surface area contributed by atoms with Gasteiger partial charge in [0.2, 0.25) is 0 Å². The van der Waals surface area contributed by atoms with Crippen LogP contribution in [-0.4, -0.2) is 47.5 Å². The summed E-state index contributed by atoms with van der Waals surface area (Å²) in [7, 11) is 1.50. The lowest BCUT2D eigenvalue weighted by Crippen LogP contribution is -2.55. The van der Waals surface area contributed by atoms with Crippen LogP contribution in [0.1, 0.15) is 12.8 Å². The first-order valence-corrected chi connectivity index (χ1v) is 7.35. The van der Waals surface area contributed by atoms with E-state index >= 15 is 0 Å². The van der Waals surface area contributed by atoms with E-state index < -0.39 is 5.54 Å². The van der Waals surface area contributed by atoms with Gasteiger partial charge in [-0.3, -0.25) is 9.69 Å². The maximum atomic E-state index is 12.2. The fourth-order valence-corrected chi connectivity index (χ4v) is 3.33. The van der Waals surface area contributed by atoms with Crippen LogP contribution < -0.4 is 10.2 Å². The van der Waals surface area contributed by atoms with Crippen LogP contribution in [0.3, 0.4) is 0 Å². The molecule has 3 heterocycles. The second kappa shape index (κ2) is 5.03. The molecule has 1 aromatic heterocycles. The number of nitrogens with zero attached hydrogens (tertiary/aromatic N) is 3. The maximum absolute atomic E-state index is 12.2. The second-order valence-electron chi connectivity index (χ2n) is 5.32. The Morgan fingerprint density at radius 1 is 1.29 bits per heavy atom. The molecule has 0 atom stereocenters. The van der Waals surface area contributed by atoms with Gasteiger partial charge in [-0.25, -0.2) is 9.78 Å². The molecule has 0 aromatic carbocycles. The van der Waals surface area contributed by atoms with Gasteiger partial charge in [0, 0.05) is 26.3 Å².